The van der Waals surface area contributed by atoms with Crippen LogP contribution in [0.4, 0.5) is 5.69 Å². The van der Waals surface area contributed by atoms with E-state index < -0.39 is 16.9 Å². The average Bonchev–Trinajstić information content (AvgIpc) is 2.77. The van der Waals surface area contributed by atoms with Crippen molar-refractivity contribution in [2.75, 3.05) is 20.8 Å². The van der Waals surface area contributed by atoms with Crippen molar-refractivity contribution < 1.29 is 24.0 Å². The van der Waals surface area contributed by atoms with Gasteiger partial charge in [-0.3, -0.25) is 19.7 Å². The van der Waals surface area contributed by atoms with E-state index in [1.165, 1.54) is 37.3 Å². The lowest BCUT2D eigenvalue weighted by Crippen LogP contribution is -2.49. The number of amides is 2. The van der Waals surface area contributed by atoms with E-state index in [0.29, 0.717) is 11.4 Å². The molecular formula is C21H24ClN3O6. The highest BCUT2D eigenvalue weighted by atomic mass is 35.5. The fraction of sp³-hybridized carbons (Fsp3) is 0.333. The van der Waals surface area contributed by atoms with Crippen molar-refractivity contribution >= 4 is 29.1 Å². The van der Waals surface area contributed by atoms with Gasteiger partial charge in [0.25, 0.3) is 5.91 Å². The summed E-state index contributed by atoms with van der Waals surface area (Å²) in [5, 5.41) is 14.2. The van der Waals surface area contributed by atoms with Crippen LogP contribution < -0.4 is 14.8 Å². The number of methoxy groups -OCH3 is 1. The number of hydrogen-bond donors (Lipinski definition) is 1. The topological polar surface area (TPSA) is 111 Å². The molecule has 0 saturated carbocycles. The van der Waals surface area contributed by atoms with E-state index in [0.717, 1.165) is 5.56 Å². The summed E-state index contributed by atoms with van der Waals surface area (Å²) in [6.45, 7) is 1.64. The molecule has 0 fully saturated rings. The molecule has 1 N–H and O–H groups in total. The maximum absolute atomic E-state index is 13.0. The third-order valence-corrected chi connectivity index (χ3v) is 4.86. The summed E-state index contributed by atoms with van der Waals surface area (Å²) in [6, 6.07) is 10.2. The number of hydrogen-bond acceptors (Lipinski definition) is 6. The van der Waals surface area contributed by atoms with Gasteiger partial charge >= 0.3 is 5.69 Å². The Kier molecular flexibility index (Phi) is 8.63. The minimum Gasteiger partial charge on any atom is -0.490 e. The monoisotopic (exact) mass is 449 g/mol. The summed E-state index contributed by atoms with van der Waals surface area (Å²) in [5.74, 6) is -0.454. The lowest BCUT2D eigenvalue weighted by atomic mass is 10.1. The summed E-state index contributed by atoms with van der Waals surface area (Å²) >= 11 is 5.93. The van der Waals surface area contributed by atoms with Crippen LogP contribution in [0.3, 0.4) is 0 Å². The number of nitrogens with zero attached hydrogens (tertiary/aromatic N) is 2. The van der Waals surface area contributed by atoms with Crippen molar-refractivity contribution in [1.29, 1.82) is 0 Å². The van der Waals surface area contributed by atoms with E-state index in [4.69, 9.17) is 21.1 Å². The van der Waals surface area contributed by atoms with Gasteiger partial charge in [-0.15, -0.1) is 0 Å². The number of nitro benzene ring substituents is 1. The first kappa shape index (κ1) is 23.9. The van der Waals surface area contributed by atoms with Crippen molar-refractivity contribution in [1.82, 2.24) is 10.2 Å². The summed E-state index contributed by atoms with van der Waals surface area (Å²) in [7, 11) is 2.82. The van der Waals surface area contributed by atoms with Gasteiger partial charge in [0, 0.05) is 30.7 Å². The molecular weight excluding hydrogens is 426 g/mol. The van der Waals surface area contributed by atoms with E-state index >= 15 is 0 Å². The van der Waals surface area contributed by atoms with Gasteiger partial charge in [0.2, 0.25) is 11.7 Å². The van der Waals surface area contributed by atoms with Gasteiger partial charge in [-0.25, -0.2) is 0 Å². The molecule has 0 bridgehead atoms. The molecule has 0 aliphatic rings. The Labute approximate surface area is 185 Å². The normalized spacial score (nSPS) is 11.4. The summed E-state index contributed by atoms with van der Waals surface area (Å²) in [5.41, 5.74) is 0.591. The molecule has 0 radical (unpaired) electrons. The summed E-state index contributed by atoms with van der Waals surface area (Å²) in [6.07, 6.45) is 0.407. The number of rotatable bonds is 10. The number of benzene rings is 2. The second-order valence-electron chi connectivity index (χ2n) is 6.57. The van der Waals surface area contributed by atoms with Crippen molar-refractivity contribution in [3.63, 3.8) is 0 Å². The quantitative estimate of drug-likeness (QED) is 0.440. The van der Waals surface area contributed by atoms with Crippen LogP contribution in [0.15, 0.2) is 42.5 Å². The Balaban J connectivity index is 2.21. The molecule has 2 aromatic carbocycles. The van der Waals surface area contributed by atoms with Crippen molar-refractivity contribution in [2.45, 2.75) is 25.9 Å². The molecule has 0 aromatic heterocycles. The highest BCUT2D eigenvalue weighted by molar-refractivity contribution is 6.30. The predicted molar refractivity (Wildman–Crippen MR) is 115 cm³/mol. The van der Waals surface area contributed by atoms with Crippen LogP contribution in [0, 0.1) is 10.1 Å². The highest BCUT2D eigenvalue weighted by Crippen LogP contribution is 2.30. The Morgan fingerprint density at radius 2 is 1.90 bits per heavy atom. The molecule has 2 rings (SSSR count). The number of carbonyl (C=O) groups excluding carboxylic acids is 2. The summed E-state index contributed by atoms with van der Waals surface area (Å²) < 4.78 is 10.6. The first-order chi connectivity index (χ1) is 14.8. The smallest absolute Gasteiger partial charge is 0.311 e. The second-order valence-corrected chi connectivity index (χ2v) is 7.00. The van der Waals surface area contributed by atoms with E-state index in [-0.39, 0.29) is 36.2 Å². The Morgan fingerprint density at radius 1 is 1.23 bits per heavy atom. The number of likely N-dealkylation sites (N-methyl/N-ethyl adjacent to an activating group) is 1. The Morgan fingerprint density at radius 3 is 2.45 bits per heavy atom. The molecule has 2 aromatic rings. The maximum Gasteiger partial charge on any atom is 0.311 e. The minimum atomic E-state index is -0.692. The van der Waals surface area contributed by atoms with Gasteiger partial charge in [-0.1, -0.05) is 30.7 Å². The fourth-order valence-electron chi connectivity index (χ4n) is 3.00. The van der Waals surface area contributed by atoms with E-state index in [9.17, 15) is 19.7 Å². The molecule has 166 valence electrons. The van der Waals surface area contributed by atoms with Crippen LogP contribution in [-0.4, -0.2) is 48.4 Å². The number of ether oxygens (including phenoxy) is 2. The second kappa shape index (κ2) is 11.2. The molecule has 9 nitrogen and oxygen atoms in total. The predicted octanol–water partition coefficient (Wildman–Crippen LogP) is 3.19. The zero-order chi connectivity index (χ0) is 23.0. The first-order valence-electron chi connectivity index (χ1n) is 9.51. The van der Waals surface area contributed by atoms with Gasteiger partial charge in [-0.2, -0.15) is 0 Å². The first-order valence-corrected chi connectivity index (χ1v) is 9.89. The molecule has 0 spiro atoms. The van der Waals surface area contributed by atoms with Crippen LogP contribution in [-0.2, 0) is 16.1 Å². The van der Waals surface area contributed by atoms with Crippen LogP contribution in [0.2, 0.25) is 5.02 Å². The van der Waals surface area contributed by atoms with Crippen LogP contribution in [0.1, 0.15) is 18.9 Å². The molecule has 31 heavy (non-hydrogen) atoms. The van der Waals surface area contributed by atoms with Crippen LogP contribution in [0.5, 0.6) is 11.5 Å². The third-order valence-electron chi connectivity index (χ3n) is 4.61. The average molecular weight is 450 g/mol. The Hall–Kier alpha value is -3.33. The number of nitrogens with one attached hydrogen (secondary N) is 1. The van der Waals surface area contributed by atoms with E-state index in [1.54, 1.807) is 24.3 Å². The van der Waals surface area contributed by atoms with Crippen molar-refractivity contribution in [3.05, 3.63) is 63.2 Å². The van der Waals surface area contributed by atoms with Crippen molar-refractivity contribution in [2.24, 2.45) is 0 Å². The van der Waals surface area contributed by atoms with Gasteiger partial charge in [-0.05, 0) is 30.2 Å². The molecule has 0 unspecified atom stereocenters. The standard InChI is InChI=1S/C21H24ClN3O6/c1-4-17(21(27)23-2)24(12-14-5-7-15(22)8-6-14)20(26)13-31-16-9-10-18(25(28)29)19(11-16)30-3/h5-11,17H,4,12-13H2,1-3H3,(H,23,27)/t17-/m1/s1. The molecule has 0 aliphatic heterocycles. The van der Waals surface area contributed by atoms with Gasteiger partial charge in [0.15, 0.2) is 6.61 Å². The highest BCUT2D eigenvalue weighted by Gasteiger charge is 2.28. The van der Waals surface area contributed by atoms with E-state index in [2.05, 4.69) is 5.32 Å². The molecule has 1 atom stereocenters. The number of carbonyl (C=O) groups is 2. The molecule has 10 heteroatoms. The zero-order valence-corrected chi connectivity index (χ0v) is 18.2. The lowest BCUT2D eigenvalue weighted by Gasteiger charge is -2.30. The minimum absolute atomic E-state index is 0.0183. The molecule has 0 heterocycles. The molecule has 2 amide bonds. The summed E-state index contributed by atoms with van der Waals surface area (Å²) in [4.78, 5) is 37.2. The van der Waals surface area contributed by atoms with Gasteiger partial charge < -0.3 is 19.7 Å². The van der Waals surface area contributed by atoms with Gasteiger partial charge in [0.05, 0.1) is 12.0 Å². The number of halogens is 1. The van der Waals surface area contributed by atoms with Crippen molar-refractivity contribution in [3.8, 4) is 11.5 Å². The maximum atomic E-state index is 13.0. The van der Waals surface area contributed by atoms with E-state index in [1.807, 2.05) is 6.92 Å². The number of nitro groups is 1. The van der Waals surface area contributed by atoms with Crippen LogP contribution in [0.25, 0.3) is 0 Å². The van der Waals surface area contributed by atoms with Crippen LogP contribution >= 0.6 is 11.6 Å². The SMILES string of the molecule is CC[C@H](C(=O)NC)N(Cc1ccc(Cl)cc1)C(=O)COc1ccc([N+](=O)[O-])c(OC)c1. The zero-order valence-electron chi connectivity index (χ0n) is 17.5. The largest absolute Gasteiger partial charge is 0.490 e. The fourth-order valence-corrected chi connectivity index (χ4v) is 3.13. The van der Waals surface area contributed by atoms with Gasteiger partial charge in [0.1, 0.15) is 11.8 Å². The third kappa shape index (κ3) is 6.32. The Bertz CT molecular complexity index is 935. The molecule has 0 aliphatic carbocycles. The molecule has 0 saturated heterocycles. The lowest BCUT2D eigenvalue weighted by molar-refractivity contribution is -0.385.